The molecule has 1 aromatic carbocycles. The minimum atomic E-state index is -3.79. The van der Waals surface area contributed by atoms with Gasteiger partial charge in [0.15, 0.2) is 0 Å². The molecule has 9 heteroatoms. The zero-order valence-electron chi connectivity index (χ0n) is 9.15. The quantitative estimate of drug-likeness (QED) is 0.808. The van der Waals surface area contributed by atoms with Gasteiger partial charge in [-0.15, -0.1) is 0 Å². The summed E-state index contributed by atoms with van der Waals surface area (Å²) in [7, 11) is 2.68. The van der Waals surface area contributed by atoms with E-state index in [-0.39, 0.29) is 10.8 Å². The molecule has 0 spiro atoms. The first kappa shape index (κ1) is 12.7. The molecule has 0 saturated carbocycles. The van der Waals surface area contributed by atoms with Gasteiger partial charge in [-0.2, -0.15) is 5.32 Å². The molecule has 0 saturated heterocycles. The van der Waals surface area contributed by atoms with Crippen LogP contribution in [0.4, 0.5) is 10.7 Å². The average molecular weight is 291 g/mol. The summed E-state index contributed by atoms with van der Waals surface area (Å²) in [5.41, 5.74) is 1.11. The number of anilines is 1. The number of aromatic nitrogens is 2. The zero-order chi connectivity index (χ0) is 13.3. The number of benzene rings is 1. The number of carbonyl (C=O) groups is 1. The molecule has 1 heterocycles. The second kappa shape index (κ2) is 4.46. The second-order valence-corrected chi connectivity index (χ2v) is 5.95. The number of fused-ring (bicyclic) bond motifs is 1. The van der Waals surface area contributed by atoms with Gasteiger partial charge < -0.3 is 4.74 Å². The summed E-state index contributed by atoms with van der Waals surface area (Å²) >= 11 is 0. The van der Waals surface area contributed by atoms with Crippen molar-refractivity contribution < 1.29 is 22.9 Å². The Hall–Kier alpha value is -1.80. The molecule has 3 N–H and O–H groups in total. The Morgan fingerprint density at radius 1 is 1.50 bits per heavy atom. The number of halogens is 1. The minimum Gasteiger partial charge on any atom is -0.441 e. The molecule has 1 amide bonds. The summed E-state index contributed by atoms with van der Waals surface area (Å²) in [6, 6.07) is 4.25. The highest BCUT2D eigenvalue weighted by Gasteiger charge is 2.16. The Labute approximate surface area is 107 Å². The number of carbonyl (C=O) groups excluding carboxylic acids is 1. The number of H-pyrrole nitrogens is 2. The zero-order valence-corrected chi connectivity index (χ0v) is 10.7. The SMILES string of the molecule is COC(=O)Nc1[nH]c2cc(S(=O)(=O)Cl)ccc2[nH+]1. The van der Waals surface area contributed by atoms with E-state index in [0.717, 1.165) is 0 Å². The molecule has 2 aromatic rings. The van der Waals surface area contributed by atoms with Crippen LogP contribution in [0, 0.1) is 0 Å². The lowest BCUT2D eigenvalue weighted by Gasteiger charge is -1.92. The number of aromatic amines is 2. The number of methoxy groups -OCH3 is 1. The number of ether oxygens (including phenoxy) is 1. The fourth-order valence-corrected chi connectivity index (χ4v) is 2.18. The molecule has 18 heavy (non-hydrogen) atoms. The number of hydrogen-bond acceptors (Lipinski definition) is 4. The van der Waals surface area contributed by atoms with Crippen LogP contribution in [-0.2, 0) is 13.8 Å². The molecule has 2 rings (SSSR count). The van der Waals surface area contributed by atoms with E-state index in [1.165, 1.54) is 25.3 Å². The van der Waals surface area contributed by atoms with E-state index in [4.69, 9.17) is 10.7 Å². The van der Waals surface area contributed by atoms with Gasteiger partial charge in [-0.25, -0.2) is 23.2 Å². The monoisotopic (exact) mass is 290 g/mol. The van der Waals surface area contributed by atoms with Crippen molar-refractivity contribution in [3.05, 3.63) is 18.2 Å². The van der Waals surface area contributed by atoms with Crippen LogP contribution in [0.3, 0.4) is 0 Å². The molecule has 0 aliphatic carbocycles. The van der Waals surface area contributed by atoms with E-state index in [0.29, 0.717) is 11.0 Å². The summed E-state index contributed by atoms with van der Waals surface area (Å²) in [6.07, 6.45) is -0.650. The molecule has 0 radical (unpaired) electrons. The minimum absolute atomic E-state index is 0.0310. The van der Waals surface area contributed by atoms with Gasteiger partial charge in [0.1, 0.15) is 11.0 Å². The summed E-state index contributed by atoms with van der Waals surface area (Å²) in [6.45, 7) is 0. The van der Waals surface area contributed by atoms with Gasteiger partial charge in [-0.3, -0.25) is 0 Å². The normalized spacial score (nSPS) is 11.4. The Bertz CT molecular complexity index is 710. The molecule has 7 nitrogen and oxygen atoms in total. The Morgan fingerprint density at radius 3 is 2.83 bits per heavy atom. The average Bonchev–Trinajstić information content (AvgIpc) is 2.68. The topological polar surface area (TPSA) is 102 Å². The van der Waals surface area contributed by atoms with E-state index in [2.05, 4.69) is 20.0 Å². The first-order valence-corrected chi connectivity index (χ1v) is 7.06. The Kier molecular flexibility index (Phi) is 3.14. The number of nitrogens with one attached hydrogen (secondary N) is 3. The van der Waals surface area contributed by atoms with Crippen LogP contribution < -0.4 is 10.3 Å². The molecule has 1 aromatic heterocycles. The van der Waals surface area contributed by atoms with Crippen molar-refractivity contribution in [2.24, 2.45) is 0 Å². The van der Waals surface area contributed by atoms with Crippen LogP contribution in [0.2, 0.25) is 0 Å². The summed E-state index contributed by atoms with van der Waals surface area (Å²) < 4.78 is 26.7. The van der Waals surface area contributed by atoms with Crippen molar-refractivity contribution in [1.29, 1.82) is 0 Å². The highest BCUT2D eigenvalue weighted by molar-refractivity contribution is 8.13. The smallest absolute Gasteiger partial charge is 0.441 e. The number of rotatable bonds is 2. The van der Waals surface area contributed by atoms with E-state index < -0.39 is 15.1 Å². The molecule has 0 bridgehead atoms. The summed E-state index contributed by atoms with van der Waals surface area (Å²) in [5.74, 6) is 0.279. The standard InChI is InChI=1S/C9H8ClN3O4S/c1-17-9(14)13-8-11-6-3-2-5(18(10,15)16)4-7(6)12-8/h2-4H,1H3,(H2,11,12,13,14)/p+1. The second-order valence-electron chi connectivity index (χ2n) is 3.39. The Morgan fingerprint density at radius 2 is 2.22 bits per heavy atom. The van der Waals surface area contributed by atoms with Gasteiger partial charge in [0, 0.05) is 16.7 Å². The fourth-order valence-electron chi connectivity index (χ4n) is 1.40. The van der Waals surface area contributed by atoms with E-state index >= 15 is 0 Å². The fraction of sp³-hybridized carbons (Fsp3) is 0.111. The van der Waals surface area contributed by atoms with E-state index in [1.54, 1.807) is 0 Å². The number of hydrogen-bond donors (Lipinski definition) is 2. The molecule has 0 atom stereocenters. The van der Waals surface area contributed by atoms with Crippen molar-refractivity contribution in [3.63, 3.8) is 0 Å². The number of amides is 1. The van der Waals surface area contributed by atoms with Gasteiger partial charge in [0.2, 0.25) is 0 Å². The van der Waals surface area contributed by atoms with Gasteiger partial charge >= 0.3 is 12.0 Å². The van der Waals surface area contributed by atoms with Crippen LogP contribution in [0.1, 0.15) is 0 Å². The first-order chi connectivity index (χ1) is 8.40. The lowest BCUT2D eigenvalue weighted by Crippen LogP contribution is -2.17. The van der Waals surface area contributed by atoms with E-state index in [1.807, 2.05) is 0 Å². The third-order valence-electron chi connectivity index (χ3n) is 2.20. The van der Waals surface area contributed by atoms with Crippen LogP contribution in [0.5, 0.6) is 0 Å². The third-order valence-corrected chi connectivity index (χ3v) is 3.56. The van der Waals surface area contributed by atoms with Crippen LogP contribution >= 0.6 is 10.7 Å². The number of imidazole rings is 1. The molecule has 0 aliphatic heterocycles. The lowest BCUT2D eigenvalue weighted by molar-refractivity contribution is -0.326. The van der Waals surface area contributed by atoms with Crippen molar-refractivity contribution in [3.8, 4) is 0 Å². The third kappa shape index (κ3) is 2.54. The summed E-state index contributed by atoms with van der Waals surface area (Å²) in [4.78, 5) is 16.6. The molecular weight excluding hydrogens is 282 g/mol. The van der Waals surface area contributed by atoms with E-state index in [9.17, 15) is 13.2 Å². The molecule has 96 valence electrons. The molecule has 0 fully saturated rings. The highest BCUT2D eigenvalue weighted by Crippen LogP contribution is 2.19. The maximum Gasteiger partial charge on any atom is 0.476 e. The predicted octanol–water partition coefficient (Wildman–Crippen LogP) is 1.09. The molecule has 0 unspecified atom stereocenters. The van der Waals surface area contributed by atoms with Crippen molar-refractivity contribution in [1.82, 2.24) is 4.98 Å². The van der Waals surface area contributed by atoms with Crippen LogP contribution in [-0.4, -0.2) is 26.6 Å². The van der Waals surface area contributed by atoms with Crippen molar-refractivity contribution >= 4 is 42.8 Å². The highest BCUT2D eigenvalue weighted by atomic mass is 35.7. The van der Waals surface area contributed by atoms with Gasteiger partial charge in [0.05, 0.1) is 12.0 Å². The summed E-state index contributed by atoms with van der Waals surface area (Å²) in [5, 5.41) is 2.38. The van der Waals surface area contributed by atoms with Gasteiger partial charge in [0.25, 0.3) is 9.05 Å². The molecule has 0 aliphatic rings. The Balaban J connectivity index is 2.43. The largest absolute Gasteiger partial charge is 0.476 e. The van der Waals surface area contributed by atoms with Crippen LogP contribution in [0.25, 0.3) is 11.0 Å². The van der Waals surface area contributed by atoms with Gasteiger partial charge in [-0.1, -0.05) is 0 Å². The first-order valence-electron chi connectivity index (χ1n) is 4.75. The predicted molar refractivity (Wildman–Crippen MR) is 63.9 cm³/mol. The van der Waals surface area contributed by atoms with Crippen LogP contribution in [0.15, 0.2) is 23.1 Å². The lowest BCUT2D eigenvalue weighted by atomic mass is 10.3. The van der Waals surface area contributed by atoms with Gasteiger partial charge in [-0.05, 0) is 12.1 Å². The maximum atomic E-state index is 11.2. The van der Waals surface area contributed by atoms with Crippen molar-refractivity contribution in [2.75, 3.05) is 12.4 Å². The van der Waals surface area contributed by atoms with Crippen molar-refractivity contribution in [2.45, 2.75) is 4.90 Å². The maximum absolute atomic E-state index is 11.2. The molecular formula is C9H9ClN3O4S+.